The van der Waals surface area contributed by atoms with Crippen LogP contribution in [0.4, 0.5) is 5.82 Å². The van der Waals surface area contributed by atoms with E-state index in [1.165, 1.54) is 0 Å². The lowest BCUT2D eigenvalue weighted by molar-refractivity contribution is -0.118. The molecular weight excluding hydrogens is 280 g/mol. The Kier molecular flexibility index (Phi) is 4.65. The number of H-pyrrole nitrogens is 1. The molecule has 0 radical (unpaired) electrons. The van der Waals surface area contributed by atoms with Crippen molar-refractivity contribution in [2.45, 2.75) is 33.2 Å². The van der Waals surface area contributed by atoms with Crippen LogP contribution in [0, 0.1) is 5.41 Å². The van der Waals surface area contributed by atoms with E-state index in [0.717, 1.165) is 17.7 Å². The van der Waals surface area contributed by atoms with E-state index < -0.39 is 6.04 Å². The quantitative estimate of drug-likeness (QED) is 0.783. The highest BCUT2D eigenvalue weighted by molar-refractivity contribution is 5.94. The highest BCUT2D eigenvalue weighted by Gasteiger charge is 2.21. The van der Waals surface area contributed by atoms with Gasteiger partial charge in [-0.1, -0.05) is 20.8 Å². The number of carbonyl (C=O) groups is 1. The van der Waals surface area contributed by atoms with Crippen LogP contribution in [-0.2, 0) is 18.3 Å². The normalized spacial score (nSPS) is 13.1. The van der Waals surface area contributed by atoms with Gasteiger partial charge < -0.3 is 10.6 Å². The Balaban J connectivity index is 2.04. The molecule has 0 saturated carbocycles. The van der Waals surface area contributed by atoms with Gasteiger partial charge in [0.25, 0.3) is 0 Å². The molecule has 2 aromatic rings. The number of amides is 1. The van der Waals surface area contributed by atoms with Crippen molar-refractivity contribution in [3.8, 4) is 0 Å². The minimum atomic E-state index is -0.462. The average molecular weight is 304 g/mol. The van der Waals surface area contributed by atoms with Crippen molar-refractivity contribution in [3.63, 3.8) is 0 Å². The smallest absolute Gasteiger partial charge is 0.247 e. The zero-order valence-corrected chi connectivity index (χ0v) is 13.8. The van der Waals surface area contributed by atoms with Gasteiger partial charge in [0, 0.05) is 30.6 Å². The lowest BCUT2D eigenvalue weighted by Gasteiger charge is -2.16. The topological polar surface area (TPSA) is 87.6 Å². The molecule has 3 N–H and O–H groups in total. The van der Waals surface area contributed by atoms with Gasteiger partial charge in [0.1, 0.15) is 6.04 Å². The van der Waals surface area contributed by atoms with Gasteiger partial charge in [0.2, 0.25) is 5.91 Å². The van der Waals surface area contributed by atoms with Gasteiger partial charge in [-0.05, 0) is 18.9 Å². The van der Waals surface area contributed by atoms with Crippen molar-refractivity contribution in [1.29, 1.82) is 0 Å². The highest BCUT2D eigenvalue weighted by Crippen LogP contribution is 2.21. The van der Waals surface area contributed by atoms with Crippen molar-refractivity contribution in [2.24, 2.45) is 12.5 Å². The van der Waals surface area contributed by atoms with Crippen molar-refractivity contribution in [2.75, 3.05) is 12.4 Å². The van der Waals surface area contributed by atoms with E-state index in [9.17, 15) is 4.79 Å². The van der Waals surface area contributed by atoms with Gasteiger partial charge >= 0.3 is 0 Å². The van der Waals surface area contributed by atoms with Gasteiger partial charge in [0.15, 0.2) is 5.82 Å². The molecule has 0 bridgehead atoms. The predicted molar refractivity (Wildman–Crippen MR) is 85.4 cm³/mol. The van der Waals surface area contributed by atoms with Crippen LogP contribution in [0.25, 0.3) is 0 Å². The molecule has 0 aliphatic carbocycles. The molecule has 2 aromatic heterocycles. The first-order valence-corrected chi connectivity index (χ1v) is 7.29. The van der Waals surface area contributed by atoms with E-state index in [-0.39, 0.29) is 11.3 Å². The second kappa shape index (κ2) is 6.31. The number of nitrogens with zero attached hydrogens (tertiary/aromatic N) is 3. The van der Waals surface area contributed by atoms with Crippen LogP contribution in [0.1, 0.15) is 38.1 Å². The monoisotopic (exact) mass is 304 g/mol. The van der Waals surface area contributed by atoms with Gasteiger partial charge in [0.05, 0.1) is 6.20 Å². The summed E-state index contributed by atoms with van der Waals surface area (Å²) in [4.78, 5) is 12.4. The summed E-state index contributed by atoms with van der Waals surface area (Å²) in [5.74, 6) is 0.373. The van der Waals surface area contributed by atoms with E-state index in [1.807, 2.05) is 19.3 Å². The summed E-state index contributed by atoms with van der Waals surface area (Å²) in [6.45, 7) is 6.47. The van der Waals surface area contributed by atoms with Crippen molar-refractivity contribution < 1.29 is 4.79 Å². The second-order valence-electron chi connectivity index (χ2n) is 6.67. The van der Waals surface area contributed by atoms with Crippen LogP contribution in [0.2, 0.25) is 0 Å². The molecule has 2 heterocycles. The minimum Gasteiger partial charge on any atom is -0.308 e. The van der Waals surface area contributed by atoms with Gasteiger partial charge in [-0.15, -0.1) is 0 Å². The van der Waals surface area contributed by atoms with Crippen LogP contribution in [0.5, 0.6) is 0 Å². The van der Waals surface area contributed by atoms with Crippen LogP contribution >= 0.6 is 0 Å². The predicted octanol–water partition coefficient (Wildman–Crippen LogP) is 1.63. The number of likely N-dealkylation sites (N-methyl/N-ethyl adjacent to an activating group) is 1. The fraction of sp³-hybridized carbons (Fsp3) is 0.533. The summed E-state index contributed by atoms with van der Waals surface area (Å²) >= 11 is 0. The standard InChI is InChI=1S/C15H24N6O/c1-15(2,3)7-11-6-12(20-19-11)18-14(22)13(16-4)10-8-17-21(5)9-10/h6,8-9,13,16H,7H2,1-5H3,(H2,18,19,20,22). The number of anilines is 1. The average Bonchev–Trinajstić information content (AvgIpc) is 2.98. The number of aromatic nitrogens is 4. The molecule has 0 saturated heterocycles. The van der Waals surface area contributed by atoms with Crippen molar-refractivity contribution >= 4 is 11.7 Å². The molecule has 7 nitrogen and oxygen atoms in total. The summed E-state index contributed by atoms with van der Waals surface area (Å²) < 4.78 is 1.67. The third kappa shape index (κ3) is 4.17. The fourth-order valence-corrected chi connectivity index (χ4v) is 2.32. The Morgan fingerprint density at radius 1 is 1.45 bits per heavy atom. The molecule has 0 fully saturated rings. The summed E-state index contributed by atoms with van der Waals surface area (Å²) in [6, 6.07) is 1.41. The molecule has 1 atom stereocenters. The first-order chi connectivity index (χ1) is 10.3. The molecule has 1 unspecified atom stereocenters. The van der Waals surface area contributed by atoms with Crippen molar-refractivity contribution in [1.82, 2.24) is 25.3 Å². The molecule has 0 aromatic carbocycles. The van der Waals surface area contributed by atoms with Gasteiger partial charge in [-0.25, -0.2) is 0 Å². The first-order valence-electron chi connectivity index (χ1n) is 7.29. The van der Waals surface area contributed by atoms with E-state index in [2.05, 4.69) is 46.7 Å². The Bertz CT molecular complexity index is 636. The molecule has 0 aliphatic heterocycles. The maximum atomic E-state index is 12.4. The second-order valence-corrected chi connectivity index (χ2v) is 6.67. The molecule has 22 heavy (non-hydrogen) atoms. The van der Waals surface area contributed by atoms with E-state index in [0.29, 0.717) is 5.82 Å². The van der Waals surface area contributed by atoms with E-state index in [1.54, 1.807) is 17.9 Å². The first kappa shape index (κ1) is 16.2. The largest absolute Gasteiger partial charge is 0.308 e. The number of rotatable bonds is 5. The molecule has 1 amide bonds. The minimum absolute atomic E-state index is 0.163. The number of hydrogen-bond donors (Lipinski definition) is 3. The summed E-state index contributed by atoms with van der Waals surface area (Å²) in [5, 5.41) is 17.0. The van der Waals surface area contributed by atoms with Crippen LogP contribution in [0.3, 0.4) is 0 Å². The third-order valence-corrected chi connectivity index (χ3v) is 3.21. The number of hydrogen-bond acceptors (Lipinski definition) is 4. The maximum absolute atomic E-state index is 12.4. The Morgan fingerprint density at radius 2 is 2.18 bits per heavy atom. The number of aryl methyl sites for hydroxylation is 1. The summed E-state index contributed by atoms with van der Waals surface area (Å²) in [7, 11) is 3.56. The summed E-state index contributed by atoms with van der Waals surface area (Å²) in [5.41, 5.74) is 1.98. The number of carbonyl (C=O) groups excluding carboxylic acids is 1. The lowest BCUT2D eigenvalue weighted by Crippen LogP contribution is -2.30. The Hall–Kier alpha value is -2.15. The SMILES string of the molecule is CNC(C(=O)Nc1cc(CC(C)(C)C)[nH]n1)c1cnn(C)c1. The lowest BCUT2D eigenvalue weighted by atomic mass is 9.91. The van der Waals surface area contributed by atoms with Gasteiger partial charge in [-0.3, -0.25) is 14.6 Å². The highest BCUT2D eigenvalue weighted by atomic mass is 16.2. The third-order valence-electron chi connectivity index (χ3n) is 3.21. The zero-order valence-electron chi connectivity index (χ0n) is 13.8. The van der Waals surface area contributed by atoms with Gasteiger partial charge in [-0.2, -0.15) is 10.2 Å². The molecule has 7 heteroatoms. The van der Waals surface area contributed by atoms with E-state index in [4.69, 9.17) is 0 Å². The maximum Gasteiger partial charge on any atom is 0.247 e. The Morgan fingerprint density at radius 3 is 2.73 bits per heavy atom. The fourth-order valence-electron chi connectivity index (χ4n) is 2.32. The zero-order chi connectivity index (χ0) is 16.3. The van der Waals surface area contributed by atoms with E-state index >= 15 is 0 Å². The van der Waals surface area contributed by atoms with Crippen LogP contribution in [0.15, 0.2) is 18.5 Å². The molecule has 120 valence electrons. The number of nitrogens with one attached hydrogen (secondary N) is 3. The van der Waals surface area contributed by atoms with Crippen LogP contribution in [-0.4, -0.2) is 32.9 Å². The molecular formula is C15H24N6O. The van der Waals surface area contributed by atoms with Crippen LogP contribution < -0.4 is 10.6 Å². The Labute approximate surface area is 130 Å². The molecule has 0 spiro atoms. The van der Waals surface area contributed by atoms with Crippen molar-refractivity contribution in [3.05, 3.63) is 29.7 Å². The molecule has 0 aliphatic rings. The summed E-state index contributed by atoms with van der Waals surface area (Å²) in [6.07, 6.45) is 4.36. The number of aromatic amines is 1. The molecule has 2 rings (SSSR count).